The summed E-state index contributed by atoms with van der Waals surface area (Å²) in [4.78, 5) is 25.4. The van der Waals surface area contributed by atoms with Gasteiger partial charge in [0, 0.05) is 10.9 Å². The molecule has 1 amide bonds. The lowest BCUT2D eigenvalue weighted by atomic mass is 10.1. The number of hydrogen-bond acceptors (Lipinski definition) is 5. The minimum atomic E-state index is -0.537. The smallest absolute Gasteiger partial charge is 0.348 e. The van der Waals surface area contributed by atoms with Crippen molar-refractivity contribution in [2.45, 2.75) is 33.2 Å². The Morgan fingerprint density at radius 3 is 2.67 bits per heavy atom. The van der Waals surface area contributed by atoms with Crippen LogP contribution < -0.4 is 5.32 Å². The second-order valence-electron chi connectivity index (χ2n) is 7.15. The molecule has 27 heavy (non-hydrogen) atoms. The number of fused-ring (bicyclic) bond motifs is 1. The molecule has 1 aromatic carbocycles. The summed E-state index contributed by atoms with van der Waals surface area (Å²) >= 11 is 7.54. The summed E-state index contributed by atoms with van der Waals surface area (Å²) in [6.45, 7) is 7.14. The zero-order valence-corrected chi connectivity index (χ0v) is 17.1. The van der Waals surface area contributed by atoms with Gasteiger partial charge in [0.05, 0.1) is 16.4 Å². The van der Waals surface area contributed by atoms with Crippen LogP contribution in [0.2, 0.25) is 5.02 Å². The second kappa shape index (κ2) is 7.32. The number of para-hydroxylation sites is 1. The highest BCUT2D eigenvalue weighted by molar-refractivity contribution is 7.20. The van der Waals surface area contributed by atoms with Gasteiger partial charge in [0.1, 0.15) is 9.71 Å². The molecule has 0 saturated carbocycles. The molecule has 3 rings (SSSR count). The lowest BCUT2D eigenvalue weighted by Crippen LogP contribution is -2.42. The summed E-state index contributed by atoms with van der Waals surface area (Å²) in [7, 11) is 0. The lowest BCUT2D eigenvalue weighted by molar-refractivity contribution is -0.125. The quantitative estimate of drug-likeness (QED) is 0.662. The third-order valence-electron chi connectivity index (χ3n) is 3.68. The normalized spacial score (nSPS) is 11.6. The average Bonchev–Trinajstić information content (AvgIpc) is 3.13. The first-order chi connectivity index (χ1) is 12.7. The number of esters is 1. The monoisotopic (exact) mass is 405 g/mol. The molecule has 0 spiro atoms. The molecule has 0 aliphatic carbocycles. The Labute approximate surface area is 166 Å². The van der Waals surface area contributed by atoms with Gasteiger partial charge in [0.25, 0.3) is 5.91 Å². The highest BCUT2D eigenvalue weighted by Gasteiger charge is 2.20. The Kier molecular flexibility index (Phi) is 5.26. The number of halogens is 1. The first kappa shape index (κ1) is 19.4. The number of hydrogen-bond donors (Lipinski definition) is 1. The van der Waals surface area contributed by atoms with Gasteiger partial charge in [-0.25, -0.2) is 9.48 Å². The molecule has 2 aromatic heterocycles. The van der Waals surface area contributed by atoms with Gasteiger partial charge in [0.2, 0.25) is 0 Å². The minimum absolute atomic E-state index is 0.319. The van der Waals surface area contributed by atoms with Crippen molar-refractivity contribution in [1.29, 1.82) is 0 Å². The van der Waals surface area contributed by atoms with E-state index in [1.807, 2.05) is 45.9 Å². The van der Waals surface area contributed by atoms with E-state index >= 15 is 0 Å². The maximum atomic E-state index is 12.4. The van der Waals surface area contributed by atoms with Crippen LogP contribution in [0.4, 0.5) is 0 Å². The number of nitrogens with one attached hydrogen (secondary N) is 1. The van der Waals surface area contributed by atoms with Gasteiger partial charge >= 0.3 is 5.97 Å². The molecule has 0 fully saturated rings. The molecular weight excluding hydrogens is 386 g/mol. The van der Waals surface area contributed by atoms with Crippen molar-refractivity contribution in [2.75, 3.05) is 6.61 Å². The SMILES string of the molecule is Cc1nn(-c2ccccc2Cl)c2sc(C(=O)OCC(=O)NC(C)(C)C)cc12. The van der Waals surface area contributed by atoms with Crippen LogP contribution in [-0.2, 0) is 9.53 Å². The summed E-state index contributed by atoms with van der Waals surface area (Å²) in [5.41, 5.74) is 1.14. The molecule has 0 saturated heterocycles. The van der Waals surface area contributed by atoms with E-state index in [-0.39, 0.29) is 18.1 Å². The summed E-state index contributed by atoms with van der Waals surface area (Å²) < 4.78 is 6.87. The summed E-state index contributed by atoms with van der Waals surface area (Å²) in [5.74, 6) is -0.874. The Morgan fingerprint density at radius 2 is 2.00 bits per heavy atom. The predicted molar refractivity (Wildman–Crippen MR) is 107 cm³/mol. The Hall–Kier alpha value is -2.38. The molecule has 0 unspecified atom stereocenters. The predicted octanol–water partition coefficient (Wildman–Crippen LogP) is 4.12. The number of rotatable bonds is 4. The molecule has 0 radical (unpaired) electrons. The first-order valence-corrected chi connectivity index (χ1v) is 9.57. The van der Waals surface area contributed by atoms with Gasteiger partial charge in [-0.3, -0.25) is 4.79 Å². The number of benzene rings is 1. The zero-order valence-electron chi connectivity index (χ0n) is 15.5. The van der Waals surface area contributed by atoms with Crippen molar-refractivity contribution in [3.05, 3.63) is 45.9 Å². The third kappa shape index (κ3) is 4.31. The van der Waals surface area contributed by atoms with Gasteiger partial charge in [-0.2, -0.15) is 5.10 Å². The van der Waals surface area contributed by atoms with Gasteiger partial charge in [0.15, 0.2) is 6.61 Å². The van der Waals surface area contributed by atoms with E-state index in [2.05, 4.69) is 10.4 Å². The Bertz CT molecular complexity index is 1020. The maximum absolute atomic E-state index is 12.4. The van der Waals surface area contributed by atoms with Crippen molar-refractivity contribution in [3.8, 4) is 5.69 Å². The fraction of sp³-hybridized carbons (Fsp3) is 0.316. The van der Waals surface area contributed by atoms with Crippen LogP contribution >= 0.6 is 22.9 Å². The van der Waals surface area contributed by atoms with E-state index < -0.39 is 5.97 Å². The highest BCUT2D eigenvalue weighted by atomic mass is 35.5. The standard InChI is InChI=1S/C19H20ClN3O3S/c1-11-12-9-15(18(25)26-10-16(24)21-19(2,3)4)27-17(12)23(22-11)14-8-6-5-7-13(14)20/h5-9H,10H2,1-4H3,(H,21,24). The third-order valence-corrected chi connectivity index (χ3v) is 5.09. The number of aromatic nitrogens is 2. The number of aryl methyl sites for hydroxylation is 1. The van der Waals surface area contributed by atoms with Crippen molar-refractivity contribution in [1.82, 2.24) is 15.1 Å². The Morgan fingerprint density at radius 1 is 1.30 bits per heavy atom. The molecule has 2 heterocycles. The van der Waals surface area contributed by atoms with Gasteiger partial charge in [-0.15, -0.1) is 11.3 Å². The molecule has 142 valence electrons. The molecule has 3 aromatic rings. The molecular formula is C19H20ClN3O3S. The van der Waals surface area contributed by atoms with Gasteiger partial charge in [-0.1, -0.05) is 23.7 Å². The van der Waals surface area contributed by atoms with Crippen LogP contribution in [0, 0.1) is 6.92 Å². The Balaban J connectivity index is 1.83. The van der Waals surface area contributed by atoms with Crippen LogP contribution in [-0.4, -0.2) is 33.8 Å². The van der Waals surface area contributed by atoms with E-state index in [1.54, 1.807) is 16.8 Å². The maximum Gasteiger partial charge on any atom is 0.348 e. The van der Waals surface area contributed by atoms with Crippen LogP contribution in [0.25, 0.3) is 15.9 Å². The molecule has 8 heteroatoms. The molecule has 0 aliphatic rings. The summed E-state index contributed by atoms with van der Waals surface area (Å²) in [5, 5.41) is 8.69. The molecule has 0 bridgehead atoms. The number of carbonyl (C=O) groups is 2. The van der Waals surface area contributed by atoms with E-state index in [0.29, 0.717) is 9.90 Å². The molecule has 0 atom stereocenters. The number of ether oxygens (including phenoxy) is 1. The lowest BCUT2D eigenvalue weighted by Gasteiger charge is -2.20. The summed E-state index contributed by atoms with van der Waals surface area (Å²) in [6, 6.07) is 9.11. The van der Waals surface area contributed by atoms with Crippen molar-refractivity contribution in [2.24, 2.45) is 0 Å². The van der Waals surface area contributed by atoms with Crippen molar-refractivity contribution >= 4 is 45.0 Å². The number of amides is 1. The van der Waals surface area contributed by atoms with E-state index in [4.69, 9.17) is 16.3 Å². The zero-order chi connectivity index (χ0) is 19.8. The van der Waals surface area contributed by atoms with Gasteiger partial charge in [-0.05, 0) is 45.9 Å². The number of carbonyl (C=O) groups excluding carboxylic acids is 2. The second-order valence-corrected chi connectivity index (χ2v) is 8.59. The van der Waals surface area contributed by atoms with Gasteiger partial charge < -0.3 is 10.1 Å². The fourth-order valence-corrected chi connectivity index (χ4v) is 3.88. The van der Waals surface area contributed by atoms with E-state index in [1.165, 1.54) is 11.3 Å². The largest absolute Gasteiger partial charge is 0.451 e. The average molecular weight is 406 g/mol. The highest BCUT2D eigenvalue weighted by Crippen LogP contribution is 2.32. The van der Waals surface area contributed by atoms with Crippen LogP contribution in [0.3, 0.4) is 0 Å². The van der Waals surface area contributed by atoms with Crippen LogP contribution in [0.5, 0.6) is 0 Å². The molecule has 6 nitrogen and oxygen atoms in total. The van der Waals surface area contributed by atoms with Crippen LogP contribution in [0.15, 0.2) is 30.3 Å². The number of thiophene rings is 1. The number of nitrogens with zero attached hydrogens (tertiary/aromatic N) is 2. The van der Waals surface area contributed by atoms with Crippen molar-refractivity contribution < 1.29 is 14.3 Å². The summed E-state index contributed by atoms with van der Waals surface area (Å²) in [6.07, 6.45) is 0. The van der Waals surface area contributed by atoms with Crippen molar-refractivity contribution in [3.63, 3.8) is 0 Å². The first-order valence-electron chi connectivity index (χ1n) is 8.38. The fourth-order valence-electron chi connectivity index (χ4n) is 2.59. The minimum Gasteiger partial charge on any atom is -0.451 e. The molecule has 1 N–H and O–H groups in total. The van der Waals surface area contributed by atoms with E-state index in [9.17, 15) is 9.59 Å². The van der Waals surface area contributed by atoms with Crippen LogP contribution in [0.1, 0.15) is 36.1 Å². The molecule has 0 aliphatic heterocycles. The van der Waals surface area contributed by atoms with E-state index in [0.717, 1.165) is 21.6 Å². The topological polar surface area (TPSA) is 73.2 Å².